The van der Waals surface area contributed by atoms with E-state index in [1.54, 1.807) is 6.07 Å². The van der Waals surface area contributed by atoms with Gasteiger partial charge in [0.05, 0.1) is 6.20 Å². The predicted octanol–water partition coefficient (Wildman–Crippen LogP) is 3.13. The number of aryl methyl sites for hydroxylation is 1. The summed E-state index contributed by atoms with van der Waals surface area (Å²) in [5.41, 5.74) is 2.09. The van der Waals surface area contributed by atoms with Crippen molar-refractivity contribution in [2.45, 2.75) is 26.2 Å². The molecule has 4 rings (SSSR count). The van der Waals surface area contributed by atoms with Crippen LogP contribution in [-0.2, 0) is 6.42 Å². The maximum Gasteiger partial charge on any atom is 0.292 e. The van der Waals surface area contributed by atoms with Gasteiger partial charge in [-0.15, -0.1) is 0 Å². The van der Waals surface area contributed by atoms with Crippen LogP contribution in [0.2, 0.25) is 0 Å². The predicted molar refractivity (Wildman–Crippen MR) is 93.3 cm³/mol. The lowest BCUT2D eigenvalue weighted by molar-refractivity contribution is 0.0626. The minimum Gasteiger partial charge on any atom is -0.351 e. The van der Waals surface area contributed by atoms with Gasteiger partial charge in [0, 0.05) is 31.1 Å². The number of benzene rings is 1. The van der Waals surface area contributed by atoms with Gasteiger partial charge in [-0.2, -0.15) is 4.98 Å². The number of hydrogen-bond acceptors (Lipinski definition) is 6. The second-order valence-corrected chi connectivity index (χ2v) is 6.67. The molecule has 1 aromatic carbocycles. The highest BCUT2D eigenvalue weighted by Crippen LogP contribution is 2.24. The van der Waals surface area contributed by atoms with Gasteiger partial charge in [0.2, 0.25) is 17.5 Å². The number of aromatic nitrogens is 3. The Labute approximate surface area is 151 Å². The standard InChI is InChI=1S/C19H20N4O3/c1-13-5-2-3-7-15(13)18-21-17(26-22-18)11-14-6-4-10-23(12-14)19(24)16-8-9-20-25-16/h2-3,5,7-9,14H,4,6,10-12H2,1H3/t14-/m0/s1. The van der Waals surface area contributed by atoms with Crippen molar-refractivity contribution in [3.05, 3.63) is 53.7 Å². The summed E-state index contributed by atoms with van der Waals surface area (Å²) in [6.07, 6.45) is 4.13. The molecule has 2 aromatic heterocycles. The third kappa shape index (κ3) is 3.37. The van der Waals surface area contributed by atoms with E-state index < -0.39 is 0 Å². The fourth-order valence-corrected chi connectivity index (χ4v) is 3.42. The molecule has 134 valence electrons. The summed E-state index contributed by atoms with van der Waals surface area (Å²) in [6.45, 7) is 3.41. The molecule has 0 radical (unpaired) electrons. The first-order valence-electron chi connectivity index (χ1n) is 8.79. The first kappa shape index (κ1) is 16.5. The minimum atomic E-state index is -0.113. The average Bonchev–Trinajstić information content (AvgIpc) is 3.34. The highest BCUT2D eigenvalue weighted by molar-refractivity contribution is 5.91. The molecule has 0 N–H and O–H groups in total. The average molecular weight is 352 g/mol. The van der Waals surface area contributed by atoms with Crippen LogP contribution in [0.3, 0.4) is 0 Å². The largest absolute Gasteiger partial charge is 0.351 e. The fraction of sp³-hybridized carbons (Fsp3) is 0.368. The van der Waals surface area contributed by atoms with Gasteiger partial charge in [0.15, 0.2) is 0 Å². The lowest BCUT2D eigenvalue weighted by Crippen LogP contribution is -2.40. The van der Waals surface area contributed by atoms with Crippen molar-refractivity contribution in [3.8, 4) is 11.4 Å². The van der Waals surface area contributed by atoms with Gasteiger partial charge < -0.3 is 13.9 Å². The quantitative estimate of drug-likeness (QED) is 0.717. The second-order valence-electron chi connectivity index (χ2n) is 6.67. The van der Waals surface area contributed by atoms with Crippen molar-refractivity contribution >= 4 is 5.91 Å². The van der Waals surface area contributed by atoms with E-state index in [0.717, 1.165) is 30.5 Å². The topological polar surface area (TPSA) is 85.3 Å². The SMILES string of the molecule is Cc1ccccc1-c1noc(C[C@@H]2CCCN(C(=O)c3ccno3)C2)n1. The lowest BCUT2D eigenvalue weighted by Gasteiger charge is -2.31. The van der Waals surface area contributed by atoms with Crippen molar-refractivity contribution in [1.29, 1.82) is 0 Å². The second kappa shape index (κ2) is 7.11. The smallest absolute Gasteiger partial charge is 0.292 e. The number of hydrogen-bond donors (Lipinski definition) is 0. The molecule has 1 aliphatic rings. The van der Waals surface area contributed by atoms with Gasteiger partial charge in [-0.05, 0) is 31.2 Å². The maximum atomic E-state index is 12.4. The third-order valence-corrected chi connectivity index (χ3v) is 4.77. The Morgan fingerprint density at radius 2 is 2.15 bits per heavy atom. The third-order valence-electron chi connectivity index (χ3n) is 4.77. The molecule has 26 heavy (non-hydrogen) atoms. The summed E-state index contributed by atoms with van der Waals surface area (Å²) in [5.74, 6) is 1.69. The fourth-order valence-electron chi connectivity index (χ4n) is 3.42. The first-order chi connectivity index (χ1) is 12.7. The van der Waals surface area contributed by atoms with E-state index in [1.807, 2.05) is 36.1 Å². The van der Waals surface area contributed by atoms with Gasteiger partial charge in [0.1, 0.15) is 0 Å². The van der Waals surface area contributed by atoms with Gasteiger partial charge in [-0.25, -0.2) is 0 Å². The van der Waals surface area contributed by atoms with Crippen molar-refractivity contribution in [2.75, 3.05) is 13.1 Å². The molecule has 0 unspecified atom stereocenters. The van der Waals surface area contributed by atoms with Crippen molar-refractivity contribution < 1.29 is 13.8 Å². The van der Waals surface area contributed by atoms with E-state index in [9.17, 15) is 4.79 Å². The van der Waals surface area contributed by atoms with E-state index in [2.05, 4.69) is 15.3 Å². The van der Waals surface area contributed by atoms with Crippen LogP contribution in [0.1, 0.15) is 34.9 Å². The Bertz CT molecular complexity index is 888. The maximum absolute atomic E-state index is 12.4. The summed E-state index contributed by atoms with van der Waals surface area (Å²) < 4.78 is 10.4. The molecule has 1 amide bonds. The van der Waals surface area contributed by atoms with Gasteiger partial charge in [0.25, 0.3) is 5.91 Å². The first-order valence-corrected chi connectivity index (χ1v) is 8.79. The van der Waals surface area contributed by atoms with Crippen LogP contribution in [-0.4, -0.2) is 39.2 Å². The van der Waals surface area contributed by atoms with Crippen LogP contribution in [0, 0.1) is 12.8 Å². The molecule has 3 aromatic rings. The van der Waals surface area contributed by atoms with Crippen LogP contribution in [0.5, 0.6) is 0 Å². The molecular formula is C19H20N4O3. The number of nitrogens with zero attached hydrogens (tertiary/aromatic N) is 4. The van der Waals surface area contributed by atoms with Crippen LogP contribution in [0.25, 0.3) is 11.4 Å². The molecule has 1 aliphatic heterocycles. The molecule has 3 heterocycles. The van der Waals surface area contributed by atoms with Crippen LogP contribution < -0.4 is 0 Å². The van der Waals surface area contributed by atoms with Gasteiger partial charge >= 0.3 is 0 Å². The van der Waals surface area contributed by atoms with E-state index in [1.165, 1.54) is 6.20 Å². The van der Waals surface area contributed by atoms with E-state index in [-0.39, 0.29) is 11.7 Å². The van der Waals surface area contributed by atoms with Gasteiger partial charge in [-0.3, -0.25) is 4.79 Å². The van der Waals surface area contributed by atoms with Crippen LogP contribution in [0.15, 0.2) is 45.6 Å². The van der Waals surface area contributed by atoms with Crippen LogP contribution >= 0.6 is 0 Å². The highest BCUT2D eigenvalue weighted by atomic mass is 16.5. The monoisotopic (exact) mass is 352 g/mol. The summed E-state index contributed by atoms with van der Waals surface area (Å²) in [4.78, 5) is 18.8. The van der Waals surface area contributed by atoms with E-state index >= 15 is 0 Å². The van der Waals surface area contributed by atoms with E-state index in [4.69, 9.17) is 9.05 Å². The van der Waals surface area contributed by atoms with Gasteiger partial charge in [-0.1, -0.05) is 34.6 Å². The normalized spacial score (nSPS) is 17.4. The van der Waals surface area contributed by atoms with Crippen molar-refractivity contribution in [1.82, 2.24) is 20.2 Å². The van der Waals surface area contributed by atoms with Crippen LogP contribution in [0.4, 0.5) is 0 Å². The van der Waals surface area contributed by atoms with Crippen molar-refractivity contribution in [3.63, 3.8) is 0 Å². The lowest BCUT2D eigenvalue weighted by atomic mass is 9.94. The molecule has 0 saturated carbocycles. The van der Waals surface area contributed by atoms with Crippen molar-refractivity contribution in [2.24, 2.45) is 5.92 Å². The zero-order valence-corrected chi connectivity index (χ0v) is 14.6. The highest BCUT2D eigenvalue weighted by Gasteiger charge is 2.27. The minimum absolute atomic E-state index is 0.113. The Morgan fingerprint density at radius 1 is 1.27 bits per heavy atom. The zero-order valence-electron chi connectivity index (χ0n) is 14.6. The molecule has 1 fully saturated rings. The molecule has 1 saturated heterocycles. The molecule has 0 aliphatic carbocycles. The Morgan fingerprint density at radius 3 is 2.96 bits per heavy atom. The molecule has 0 spiro atoms. The summed E-state index contributed by atoms with van der Waals surface area (Å²) in [7, 11) is 0. The zero-order chi connectivity index (χ0) is 17.9. The Balaban J connectivity index is 1.43. The number of rotatable bonds is 4. The van der Waals surface area contributed by atoms with E-state index in [0.29, 0.717) is 30.6 Å². The molecule has 7 heteroatoms. The summed E-state index contributed by atoms with van der Waals surface area (Å²) in [5, 5.41) is 7.73. The number of piperidine rings is 1. The number of carbonyl (C=O) groups excluding carboxylic acids is 1. The molecule has 1 atom stereocenters. The molecule has 7 nitrogen and oxygen atoms in total. The number of amides is 1. The molecule has 0 bridgehead atoms. The molecular weight excluding hydrogens is 332 g/mol. The summed E-state index contributed by atoms with van der Waals surface area (Å²) in [6, 6.07) is 9.56. The number of carbonyl (C=O) groups is 1. The summed E-state index contributed by atoms with van der Waals surface area (Å²) >= 11 is 0. The number of likely N-dealkylation sites (tertiary alicyclic amines) is 1. The Hall–Kier alpha value is -2.96. The Kier molecular flexibility index (Phi) is 4.51.